The minimum Gasteiger partial charge on any atom is -0.494 e. The van der Waals surface area contributed by atoms with Gasteiger partial charge in [-0.2, -0.15) is 0 Å². The van der Waals surface area contributed by atoms with Crippen molar-refractivity contribution in [2.75, 3.05) is 25.1 Å². The molecule has 4 heteroatoms. The highest BCUT2D eigenvalue weighted by Crippen LogP contribution is 2.24. The molecule has 1 aromatic carbocycles. The van der Waals surface area contributed by atoms with E-state index in [0.29, 0.717) is 19.6 Å². The Labute approximate surface area is 115 Å². The summed E-state index contributed by atoms with van der Waals surface area (Å²) in [5.74, 6) is 1.16. The molecular weight excluding hydrogens is 240 g/mol. The van der Waals surface area contributed by atoms with Crippen LogP contribution in [0.4, 0.5) is 5.69 Å². The van der Waals surface area contributed by atoms with Gasteiger partial charge in [0.1, 0.15) is 5.75 Å². The molecule has 0 aliphatic heterocycles. The predicted octanol–water partition coefficient (Wildman–Crippen LogP) is 2.34. The van der Waals surface area contributed by atoms with Gasteiger partial charge in [0.05, 0.1) is 6.61 Å². The number of carbonyl (C=O) groups excluding carboxylic acids is 1. The molecule has 1 rings (SSSR count). The number of hydrogen-bond donors (Lipinski definition) is 1. The van der Waals surface area contributed by atoms with E-state index in [9.17, 15) is 4.79 Å². The van der Waals surface area contributed by atoms with Crippen molar-refractivity contribution in [3.05, 3.63) is 23.8 Å². The molecule has 1 unspecified atom stereocenters. The quantitative estimate of drug-likeness (QED) is 0.858. The fourth-order valence-corrected chi connectivity index (χ4v) is 1.82. The summed E-state index contributed by atoms with van der Waals surface area (Å²) in [7, 11) is 1.79. The van der Waals surface area contributed by atoms with Gasteiger partial charge in [-0.05, 0) is 50.1 Å². The smallest absolute Gasteiger partial charge is 0.227 e. The average Bonchev–Trinajstić information content (AvgIpc) is 2.40. The van der Waals surface area contributed by atoms with Crippen LogP contribution in [0.3, 0.4) is 0 Å². The van der Waals surface area contributed by atoms with Crippen LogP contribution in [-0.2, 0) is 4.79 Å². The lowest BCUT2D eigenvalue weighted by molar-refractivity contribution is -0.119. The van der Waals surface area contributed by atoms with Crippen LogP contribution in [0.15, 0.2) is 18.2 Å². The van der Waals surface area contributed by atoms with Crippen LogP contribution >= 0.6 is 0 Å². The van der Waals surface area contributed by atoms with E-state index in [1.54, 1.807) is 11.9 Å². The summed E-state index contributed by atoms with van der Waals surface area (Å²) in [5, 5.41) is 0. The summed E-state index contributed by atoms with van der Waals surface area (Å²) >= 11 is 0. The summed E-state index contributed by atoms with van der Waals surface area (Å²) in [6, 6.07) is 5.78. The molecular formula is C15H24N2O2. The van der Waals surface area contributed by atoms with Gasteiger partial charge in [-0.1, -0.05) is 6.92 Å². The third kappa shape index (κ3) is 4.24. The van der Waals surface area contributed by atoms with Gasteiger partial charge in [0, 0.05) is 19.2 Å². The number of aryl methyl sites for hydroxylation is 1. The van der Waals surface area contributed by atoms with E-state index in [4.69, 9.17) is 10.5 Å². The second-order valence-corrected chi connectivity index (χ2v) is 4.88. The van der Waals surface area contributed by atoms with Gasteiger partial charge in [0.25, 0.3) is 0 Å². The number of benzene rings is 1. The Hall–Kier alpha value is -1.55. The first-order valence-electron chi connectivity index (χ1n) is 6.69. The summed E-state index contributed by atoms with van der Waals surface area (Å²) in [5.41, 5.74) is 7.47. The van der Waals surface area contributed by atoms with E-state index < -0.39 is 0 Å². The van der Waals surface area contributed by atoms with Crippen molar-refractivity contribution in [2.45, 2.75) is 27.2 Å². The summed E-state index contributed by atoms with van der Waals surface area (Å²) in [4.78, 5) is 13.7. The van der Waals surface area contributed by atoms with E-state index >= 15 is 0 Å². The van der Waals surface area contributed by atoms with Crippen molar-refractivity contribution in [3.63, 3.8) is 0 Å². The molecule has 19 heavy (non-hydrogen) atoms. The standard InChI is InChI=1S/C15H24N2O2/c1-5-19-14-7-6-13(9-12(14)3)17(4)15(18)8-11(2)10-16/h6-7,9,11H,5,8,10,16H2,1-4H3. The molecule has 0 aliphatic rings. The van der Waals surface area contributed by atoms with E-state index in [1.165, 1.54) is 0 Å². The Morgan fingerprint density at radius 1 is 1.47 bits per heavy atom. The van der Waals surface area contributed by atoms with Gasteiger partial charge in [0.2, 0.25) is 5.91 Å². The van der Waals surface area contributed by atoms with Crippen LogP contribution in [0, 0.1) is 12.8 Å². The van der Waals surface area contributed by atoms with Crippen LogP contribution in [-0.4, -0.2) is 26.1 Å². The van der Waals surface area contributed by atoms with Crippen LogP contribution in [0.2, 0.25) is 0 Å². The normalized spacial score (nSPS) is 12.1. The first kappa shape index (κ1) is 15.5. The highest BCUT2D eigenvalue weighted by Gasteiger charge is 2.14. The maximum absolute atomic E-state index is 12.1. The topological polar surface area (TPSA) is 55.6 Å². The van der Waals surface area contributed by atoms with Gasteiger partial charge < -0.3 is 15.4 Å². The summed E-state index contributed by atoms with van der Waals surface area (Å²) in [6.07, 6.45) is 0.471. The lowest BCUT2D eigenvalue weighted by Crippen LogP contribution is -2.29. The minimum absolute atomic E-state index is 0.0847. The van der Waals surface area contributed by atoms with Crippen molar-refractivity contribution in [2.24, 2.45) is 11.7 Å². The third-order valence-corrected chi connectivity index (χ3v) is 3.15. The molecule has 1 amide bonds. The molecule has 0 aliphatic carbocycles. The van der Waals surface area contributed by atoms with Gasteiger partial charge in [-0.15, -0.1) is 0 Å². The van der Waals surface area contributed by atoms with E-state index in [2.05, 4.69) is 0 Å². The number of ether oxygens (including phenoxy) is 1. The first-order chi connectivity index (χ1) is 8.99. The molecule has 0 aromatic heterocycles. The number of nitrogens with zero attached hydrogens (tertiary/aromatic N) is 1. The number of amides is 1. The van der Waals surface area contributed by atoms with Gasteiger partial charge in [-0.25, -0.2) is 0 Å². The third-order valence-electron chi connectivity index (χ3n) is 3.15. The molecule has 0 saturated carbocycles. The second-order valence-electron chi connectivity index (χ2n) is 4.88. The maximum Gasteiger partial charge on any atom is 0.227 e. The zero-order valence-electron chi connectivity index (χ0n) is 12.3. The van der Waals surface area contributed by atoms with Crippen LogP contribution in [0.1, 0.15) is 25.8 Å². The monoisotopic (exact) mass is 264 g/mol. The molecule has 0 heterocycles. The second kappa shape index (κ2) is 7.14. The summed E-state index contributed by atoms with van der Waals surface area (Å²) in [6.45, 7) is 7.09. The van der Waals surface area contributed by atoms with Crippen molar-refractivity contribution < 1.29 is 9.53 Å². The van der Waals surface area contributed by atoms with Crippen molar-refractivity contribution in [3.8, 4) is 5.75 Å². The number of nitrogens with two attached hydrogens (primary N) is 1. The largest absolute Gasteiger partial charge is 0.494 e. The van der Waals surface area contributed by atoms with Crippen molar-refractivity contribution >= 4 is 11.6 Å². The zero-order valence-corrected chi connectivity index (χ0v) is 12.3. The fourth-order valence-electron chi connectivity index (χ4n) is 1.82. The summed E-state index contributed by atoms with van der Waals surface area (Å²) < 4.78 is 5.49. The Kier molecular flexibility index (Phi) is 5.83. The molecule has 1 atom stereocenters. The lowest BCUT2D eigenvalue weighted by Gasteiger charge is -2.20. The lowest BCUT2D eigenvalue weighted by atomic mass is 10.1. The van der Waals surface area contributed by atoms with Crippen molar-refractivity contribution in [1.29, 1.82) is 0 Å². The van der Waals surface area contributed by atoms with Crippen LogP contribution < -0.4 is 15.4 Å². The Bertz CT molecular complexity index is 432. The average molecular weight is 264 g/mol. The molecule has 0 fully saturated rings. The van der Waals surface area contributed by atoms with Gasteiger partial charge in [-0.3, -0.25) is 4.79 Å². The number of anilines is 1. The number of carbonyl (C=O) groups is 1. The molecule has 2 N–H and O–H groups in total. The number of rotatable bonds is 6. The first-order valence-corrected chi connectivity index (χ1v) is 6.69. The fraction of sp³-hybridized carbons (Fsp3) is 0.533. The Morgan fingerprint density at radius 3 is 2.68 bits per heavy atom. The predicted molar refractivity (Wildman–Crippen MR) is 78.6 cm³/mol. The SMILES string of the molecule is CCOc1ccc(N(C)C(=O)CC(C)CN)cc1C. The minimum atomic E-state index is 0.0847. The Morgan fingerprint density at radius 2 is 2.16 bits per heavy atom. The highest BCUT2D eigenvalue weighted by molar-refractivity contribution is 5.93. The van der Waals surface area contributed by atoms with Crippen LogP contribution in [0.25, 0.3) is 0 Å². The molecule has 0 saturated heterocycles. The van der Waals surface area contributed by atoms with Crippen LogP contribution in [0.5, 0.6) is 5.75 Å². The molecule has 0 bridgehead atoms. The van der Waals surface area contributed by atoms with Crippen molar-refractivity contribution in [1.82, 2.24) is 0 Å². The molecule has 1 aromatic rings. The zero-order chi connectivity index (χ0) is 14.4. The van der Waals surface area contributed by atoms with E-state index in [-0.39, 0.29) is 11.8 Å². The molecule has 0 radical (unpaired) electrons. The molecule has 4 nitrogen and oxygen atoms in total. The molecule has 106 valence electrons. The van der Waals surface area contributed by atoms with Gasteiger partial charge in [0.15, 0.2) is 0 Å². The molecule has 0 spiro atoms. The highest BCUT2D eigenvalue weighted by atomic mass is 16.5. The maximum atomic E-state index is 12.1. The Balaban J connectivity index is 2.79. The number of hydrogen-bond acceptors (Lipinski definition) is 3. The van der Waals surface area contributed by atoms with Gasteiger partial charge >= 0.3 is 0 Å². The van der Waals surface area contributed by atoms with E-state index in [0.717, 1.165) is 17.0 Å². The van der Waals surface area contributed by atoms with E-state index in [1.807, 2.05) is 39.0 Å².